The highest BCUT2D eigenvalue weighted by molar-refractivity contribution is 5.83. The van der Waals surface area contributed by atoms with Crippen LogP contribution in [0.25, 0.3) is 0 Å². The molecular weight excluding hydrogens is 246 g/mol. The number of ether oxygens (including phenoxy) is 1. The largest absolute Gasteiger partial charge is 0.477 e. The molecule has 0 aromatic heterocycles. The van der Waals surface area contributed by atoms with Crippen LogP contribution in [0.15, 0.2) is 24.3 Å². The van der Waals surface area contributed by atoms with Gasteiger partial charge in [0.1, 0.15) is 5.75 Å². The molecule has 2 rings (SSSR count). The molecule has 102 valence electrons. The summed E-state index contributed by atoms with van der Waals surface area (Å²) in [6.07, 6.45) is -0.307. The van der Waals surface area contributed by atoms with Crippen LogP contribution >= 0.6 is 0 Å². The van der Waals surface area contributed by atoms with Crippen LogP contribution in [0.3, 0.4) is 0 Å². The lowest BCUT2D eigenvalue weighted by Crippen LogP contribution is -2.45. The Morgan fingerprint density at radius 2 is 2.21 bits per heavy atom. The van der Waals surface area contributed by atoms with Gasteiger partial charge in [-0.3, -0.25) is 9.59 Å². The first kappa shape index (κ1) is 13.2. The lowest BCUT2D eigenvalue weighted by atomic mass is 10.2. The van der Waals surface area contributed by atoms with Gasteiger partial charge in [0.25, 0.3) is 5.91 Å². The molecule has 6 heteroatoms. The molecule has 1 unspecified atom stereocenters. The average Bonchev–Trinajstić information content (AvgIpc) is 2.46. The van der Waals surface area contributed by atoms with Crippen LogP contribution in [-0.2, 0) is 9.59 Å². The lowest BCUT2D eigenvalue weighted by Gasteiger charge is -2.26. The van der Waals surface area contributed by atoms with Gasteiger partial charge in [0.05, 0.1) is 12.2 Å². The van der Waals surface area contributed by atoms with Gasteiger partial charge in [-0.25, -0.2) is 0 Å². The standard InChI is InChI=1S/C13H17N3O3/c1-14-12(17)6-7-15-13(18)11-8-16-9-4-2-3-5-10(9)19-11/h2-5,11,16H,6-8H2,1H3,(H,14,17)(H,15,18). The number of amides is 2. The summed E-state index contributed by atoms with van der Waals surface area (Å²) in [4.78, 5) is 22.9. The first-order valence-electron chi connectivity index (χ1n) is 6.18. The fourth-order valence-electron chi connectivity index (χ4n) is 1.80. The fraction of sp³-hybridized carbons (Fsp3) is 0.385. The van der Waals surface area contributed by atoms with Crippen molar-refractivity contribution in [2.75, 3.05) is 25.5 Å². The summed E-state index contributed by atoms with van der Waals surface area (Å²) in [7, 11) is 1.56. The molecule has 0 aliphatic carbocycles. The molecule has 1 atom stereocenters. The van der Waals surface area contributed by atoms with E-state index in [1.54, 1.807) is 7.05 Å². The smallest absolute Gasteiger partial charge is 0.262 e. The van der Waals surface area contributed by atoms with Gasteiger partial charge >= 0.3 is 0 Å². The topological polar surface area (TPSA) is 79.5 Å². The van der Waals surface area contributed by atoms with E-state index in [0.717, 1.165) is 5.69 Å². The van der Waals surface area contributed by atoms with Crippen molar-refractivity contribution in [2.24, 2.45) is 0 Å². The van der Waals surface area contributed by atoms with Crippen molar-refractivity contribution in [1.29, 1.82) is 0 Å². The van der Waals surface area contributed by atoms with Gasteiger partial charge in [-0.2, -0.15) is 0 Å². The van der Waals surface area contributed by atoms with E-state index >= 15 is 0 Å². The monoisotopic (exact) mass is 263 g/mol. The average molecular weight is 263 g/mol. The number of para-hydroxylation sites is 2. The van der Waals surface area contributed by atoms with Gasteiger partial charge in [-0.05, 0) is 12.1 Å². The third kappa shape index (κ3) is 3.37. The summed E-state index contributed by atoms with van der Waals surface area (Å²) < 4.78 is 5.60. The van der Waals surface area contributed by atoms with Crippen molar-refractivity contribution in [3.8, 4) is 5.75 Å². The van der Waals surface area contributed by atoms with Crippen molar-refractivity contribution in [2.45, 2.75) is 12.5 Å². The van der Waals surface area contributed by atoms with Gasteiger partial charge in [0, 0.05) is 20.0 Å². The molecule has 1 aliphatic heterocycles. The summed E-state index contributed by atoms with van der Waals surface area (Å²) in [5.41, 5.74) is 0.886. The van der Waals surface area contributed by atoms with E-state index < -0.39 is 6.10 Å². The zero-order valence-corrected chi connectivity index (χ0v) is 10.7. The number of fused-ring (bicyclic) bond motifs is 1. The van der Waals surface area contributed by atoms with E-state index in [1.807, 2.05) is 24.3 Å². The maximum absolute atomic E-state index is 11.9. The predicted octanol–water partition coefficient (Wildman–Crippen LogP) is 0.112. The second kappa shape index (κ2) is 6.08. The van der Waals surface area contributed by atoms with Gasteiger partial charge < -0.3 is 20.7 Å². The number of hydrogen-bond acceptors (Lipinski definition) is 4. The Labute approximate surface area is 111 Å². The molecule has 1 aromatic rings. The van der Waals surface area contributed by atoms with E-state index in [-0.39, 0.29) is 18.2 Å². The Morgan fingerprint density at radius 1 is 1.42 bits per heavy atom. The highest BCUT2D eigenvalue weighted by Crippen LogP contribution is 2.27. The van der Waals surface area contributed by atoms with Crippen LogP contribution < -0.4 is 20.7 Å². The van der Waals surface area contributed by atoms with E-state index in [2.05, 4.69) is 16.0 Å². The minimum absolute atomic E-state index is 0.103. The first-order chi connectivity index (χ1) is 9.20. The summed E-state index contributed by atoms with van der Waals surface area (Å²) in [6, 6.07) is 7.46. The molecular formula is C13H17N3O3. The normalized spacial score (nSPS) is 16.6. The highest BCUT2D eigenvalue weighted by atomic mass is 16.5. The molecule has 1 aliphatic rings. The molecule has 19 heavy (non-hydrogen) atoms. The third-order valence-corrected chi connectivity index (χ3v) is 2.86. The summed E-state index contributed by atoms with van der Waals surface area (Å²) in [5.74, 6) is 0.347. The number of nitrogens with one attached hydrogen (secondary N) is 3. The Hall–Kier alpha value is -2.24. The zero-order chi connectivity index (χ0) is 13.7. The fourth-order valence-corrected chi connectivity index (χ4v) is 1.80. The van der Waals surface area contributed by atoms with Crippen LogP contribution in [-0.4, -0.2) is 38.1 Å². The summed E-state index contributed by atoms with van der Waals surface area (Å²) >= 11 is 0. The summed E-state index contributed by atoms with van der Waals surface area (Å²) in [5, 5.41) is 8.32. The highest BCUT2D eigenvalue weighted by Gasteiger charge is 2.25. The Balaban J connectivity index is 1.83. The maximum atomic E-state index is 11.9. The van der Waals surface area contributed by atoms with Gasteiger partial charge in [0.2, 0.25) is 5.91 Å². The molecule has 3 N–H and O–H groups in total. The molecule has 0 bridgehead atoms. The van der Waals surface area contributed by atoms with Gasteiger partial charge in [-0.15, -0.1) is 0 Å². The van der Waals surface area contributed by atoms with Crippen LogP contribution in [0.1, 0.15) is 6.42 Å². The number of rotatable bonds is 4. The van der Waals surface area contributed by atoms with Gasteiger partial charge in [-0.1, -0.05) is 12.1 Å². The number of carbonyl (C=O) groups is 2. The molecule has 6 nitrogen and oxygen atoms in total. The lowest BCUT2D eigenvalue weighted by molar-refractivity contribution is -0.127. The second-order valence-corrected chi connectivity index (χ2v) is 4.20. The number of anilines is 1. The van der Waals surface area contributed by atoms with E-state index in [4.69, 9.17) is 4.74 Å². The SMILES string of the molecule is CNC(=O)CCNC(=O)C1CNc2ccccc2O1. The molecule has 0 saturated heterocycles. The van der Waals surface area contributed by atoms with E-state index in [1.165, 1.54) is 0 Å². The molecule has 0 fully saturated rings. The van der Waals surface area contributed by atoms with Crippen molar-refractivity contribution < 1.29 is 14.3 Å². The molecule has 0 spiro atoms. The number of carbonyl (C=O) groups excluding carboxylic acids is 2. The van der Waals surface area contributed by atoms with E-state index in [9.17, 15) is 9.59 Å². The van der Waals surface area contributed by atoms with Crippen LogP contribution in [0.5, 0.6) is 5.75 Å². The number of benzene rings is 1. The van der Waals surface area contributed by atoms with Crippen molar-refractivity contribution >= 4 is 17.5 Å². The minimum Gasteiger partial charge on any atom is -0.477 e. The summed E-state index contributed by atoms with van der Waals surface area (Å²) in [6.45, 7) is 0.725. The first-order valence-corrected chi connectivity index (χ1v) is 6.18. The molecule has 0 saturated carbocycles. The van der Waals surface area contributed by atoms with Crippen LogP contribution in [0.4, 0.5) is 5.69 Å². The van der Waals surface area contributed by atoms with Crippen LogP contribution in [0.2, 0.25) is 0 Å². The Kier molecular flexibility index (Phi) is 4.22. The predicted molar refractivity (Wildman–Crippen MR) is 71.0 cm³/mol. The van der Waals surface area contributed by atoms with Crippen molar-refractivity contribution in [3.05, 3.63) is 24.3 Å². The Bertz CT molecular complexity index is 476. The third-order valence-electron chi connectivity index (χ3n) is 2.86. The van der Waals surface area contributed by atoms with Crippen molar-refractivity contribution in [3.63, 3.8) is 0 Å². The second-order valence-electron chi connectivity index (χ2n) is 4.20. The number of hydrogen-bond donors (Lipinski definition) is 3. The maximum Gasteiger partial charge on any atom is 0.262 e. The van der Waals surface area contributed by atoms with E-state index in [0.29, 0.717) is 18.8 Å². The van der Waals surface area contributed by atoms with Gasteiger partial charge in [0.15, 0.2) is 6.10 Å². The minimum atomic E-state index is -0.570. The zero-order valence-electron chi connectivity index (χ0n) is 10.7. The molecule has 1 heterocycles. The molecule has 2 amide bonds. The molecule has 0 radical (unpaired) electrons. The quantitative estimate of drug-likeness (QED) is 0.720. The van der Waals surface area contributed by atoms with Crippen LogP contribution in [0, 0.1) is 0 Å². The molecule has 1 aromatic carbocycles. The van der Waals surface area contributed by atoms with Crippen molar-refractivity contribution in [1.82, 2.24) is 10.6 Å². The Morgan fingerprint density at radius 3 is 3.00 bits per heavy atom.